The molecule has 60 heavy (non-hydrogen) atoms. The first kappa shape index (κ1) is 51.4. The molecule has 0 heterocycles. The minimum absolute atomic E-state index is 0.119. The largest absolute Gasteiger partial charge is 0.513 e. The lowest BCUT2D eigenvalue weighted by molar-refractivity contribution is -0.187. The minimum atomic E-state index is -1.25. The second kappa shape index (κ2) is 32.1. The highest BCUT2D eigenvalue weighted by Crippen LogP contribution is 2.27. The van der Waals surface area contributed by atoms with E-state index in [2.05, 4.69) is 27.7 Å². The fraction of sp³-hybridized carbons (Fsp3) is 0.625. The molecule has 2 rings (SSSR count). The number of benzene rings is 2. The van der Waals surface area contributed by atoms with E-state index in [4.69, 9.17) is 28.7 Å². The highest BCUT2D eigenvalue weighted by atomic mass is 17.2. The molecule has 0 amide bonds. The predicted molar refractivity (Wildman–Crippen MR) is 230 cm³/mol. The van der Waals surface area contributed by atoms with Crippen molar-refractivity contribution in [1.82, 2.24) is 0 Å². The molecule has 0 saturated heterocycles. The van der Waals surface area contributed by atoms with Gasteiger partial charge in [-0.1, -0.05) is 143 Å². The maximum absolute atomic E-state index is 13.5. The summed E-state index contributed by atoms with van der Waals surface area (Å²) >= 11 is 0. The van der Waals surface area contributed by atoms with Crippen molar-refractivity contribution in [3.05, 3.63) is 58.7 Å². The SMILES string of the molecule is CCCCCCCCOC(=O)Oc1ccc(C(=O)CCCCCCC)cc1C(=O)OOC(=O)c1cc(C(=O)CCCCCCC)ccc1OC(=O)OCCCCCCCC. The van der Waals surface area contributed by atoms with Crippen molar-refractivity contribution in [3.63, 3.8) is 0 Å². The number of Topliss-reactive ketones (excluding diaryl/α,β-unsaturated/α-hetero) is 2. The van der Waals surface area contributed by atoms with E-state index < -0.39 is 24.2 Å². The summed E-state index contributed by atoms with van der Waals surface area (Å²) in [6, 6.07) is 7.89. The fourth-order valence-electron chi connectivity index (χ4n) is 6.45. The van der Waals surface area contributed by atoms with Crippen molar-refractivity contribution >= 4 is 35.8 Å². The third kappa shape index (κ3) is 21.5. The molecule has 0 spiro atoms. The Morgan fingerprint density at radius 3 is 1.07 bits per heavy atom. The summed E-state index contributed by atoms with van der Waals surface area (Å²) in [6.07, 6.45) is 19.6. The van der Waals surface area contributed by atoms with Crippen LogP contribution < -0.4 is 9.47 Å². The molecule has 0 saturated carbocycles. The summed E-state index contributed by atoms with van der Waals surface area (Å²) in [5.74, 6) is -3.50. The zero-order valence-electron chi connectivity index (χ0n) is 36.7. The number of unbranched alkanes of at least 4 members (excludes halogenated alkanes) is 18. The zero-order chi connectivity index (χ0) is 43.8. The van der Waals surface area contributed by atoms with Crippen LogP contribution in [-0.2, 0) is 19.2 Å². The average molecular weight is 839 g/mol. The lowest BCUT2D eigenvalue weighted by Gasteiger charge is -2.13. The van der Waals surface area contributed by atoms with Crippen molar-refractivity contribution in [2.24, 2.45) is 0 Å². The van der Waals surface area contributed by atoms with Gasteiger partial charge in [-0.3, -0.25) is 9.59 Å². The lowest BCUT2D eigenvalue weighted by atomic mass is 10.0. The van der Waals surface area contributed by atoms with Gasteiger partial charge in [0.2, 0.25) is 0 Å². The van der Waals surface area contributed by atoms with E-state index in [1.807, 2.05) is 0 Å². The first-order valence-electron chi connectivity index (χ1n) is 22.6. The maximum atomic E-state index is 13.5. The molecule has 12 heteroatoms. The number of carbonyl (C=O) groups is 6. The molecule has 0 atom stereocenters. The van der Waals surface area contributed by atoms with Gasteiger partial charge in [-0.2, -0.15) is 0 Å². The van der Waals surface area contributed by atoms with Crippen molar-refractivity contribution in [2.45, 2.75) is 182 Å². The average Bonchev–Trinajstić information content (AvgIpc) is 3.24. The number of ether oxygens (including phenoxy) is 4. The van der Waals surface area contributed by atoms with E-state index in [1.54, 1.807) is 0 Å². The normalized spacial score (nSPS) is 10.8. The first-order valence-corrected chi connectivity index (χ1v) is 22.6. The zero-order valence-corrected chi connectivity index (χ0v) is 36.7. The van der Waals surface area contributed by atoms with E-state index in [1.165, 1.54) is 36.4 Å². The Morgan fingerprint density at radius 1 is 0.400 bits per heavy atom. The van der Waals surface area contributed by atoms with Gasteiger partial charge in [0.05, 0.1) is 13.2 Å². The predicted octanol–water partition coefficient (Wildman–Crippen LogP) is 13.5. The van der Waals surface area contributed by atoms with Crippen molar-refractivity contribution < 1.29 is 57.5 Å². The number of carbonyl (C=O) groups excluding carboxylic acids is 6. The van der Waals surface area contributed by atoms with E-state index in [0.29, 0.717) is 25.7 Å². The van der Waals surface area contributed by atoms with Crippen LogP contribution in [0.1, 0.15) is 223 Å². The number of hydrogen-bond donors (Lipinski definition) is 0. The second-order valence-corrected chi connectivity index (χ2v) is 15.3. The smallest absolute Gasteiger partial charge is 0.434 e. The quantitative estimate of drug-likeness (QED) is 0.0172. The van der Waals surface area contributed by atoms with Gasteiger partial charge in [-0.15, -0.1) is 0 Å². The van der Waals surface area contributed by atoms with Gasteiger partial charge in [0.15, 0.2) is 11.6 Å². The monoisotopic (exact) mass is 838 g/mol. The summed E-state index contributed by atoms with van der Waals surface area (Å²) in [7, 11) is 0. The third-order valence-electron chi connectivity index (χ3n) is 10.1. The van der Waals surface area contributed by atoms with Gasteiger partial charge in [0.25, 0.3) is 0 Å². The van der Waals surface area contributed by atoms with Crippen LogP contribution in [0.5, 0.6) is 11.5 Å². The van der Waals surface area contributed by atoms with E-state index in [0.717, 1.165) is 116 Å². The molecule has 2 aromatic rings. The van der Waals surface area contributed by atoms with Crippen LogP contribution in [0.4, 0.5) is 9.59 Å². The number of hydrogen-bond acceptors (Lipinski definition) is 12. The summed E-state index contributed by atoms with van der Waals surface area (Å²) in [5, 5.41) is 0. The molecular weight excluding hydrogens is 769 g/mol. The summed E-state index contributed by atoms with van der Waals surface area (Å²) < 4.78 is 21.2. The molecule has 334 valence electrons. The highest BCUT2D eigenvalue weighted by molar-refractivity contribution is 6.02. The van der Waals surface area contributed by atoms with Crippen LogP contribution in [0.2, 0.25) is 0 Å². The van der Waals surface area contributed by atoms with Gasteiger partial charge in [0.1, 0.15) is 22.6 Å². The Bertz CT molecular complexity index is 1480. The molecule has 0 bridgehead atoms. The Labute approximate surface area is 357 Å². The third-order valence-corrected chi connectivity index (χ3v) is 10.1. The van der Waals surface area contributed by atoms with Crippen LogP contribution in [0.15, 0.2) is 36.4 Å². The van der Waals surface area contributed by atoms with Crippen LogP contribution in [0, 0.1) is 0 Å². The molecule has 0 aromatic heterocycles. The number of ketones is 2. The Morgan fingerprint density at radius 2 is 0.717 bits per heavy atom. The maximum Gasteiger partial charge on any atom is 0.513 e. The molecule has 0 N–H and O–H groups in total. The Kier molecular flexibility index (Phi) is 27.5. The van der Waals surface area contributed by atoms with Crippen LogP contribution in [0.25, 0.3) is 0 Å². The molecule has 12 nitrogen and oxygen atoms in total. The van der Waals surface area contributed by atoms with Crippen LogP contribution in [-0.4, -0.2) is 49.0 Å². The molecule has 0 unspecified atom stereocenters. The Hall–Kier alpha value is -4.74. The van der Waals surface area contributed by atoms with Crippen LogP contribution >= 0.6 is 0 Å². The van der Waals surface area contributed by atoms with Crippen molar-refractivity contribution in [2.75, 3.05) is 13.2 Å². The fourth-order valence-corrected chi connectivity index (χ4v) is 6.45. The van der Waals surface area contributed by atoms with E-state index in [-0.39, 0.29) is 71.4 Å². The topological polar surface area (TPSA) is 158 Å². The number of rotatable bonds is 32. The second-order valence-electron chi connectivity index (χ2n) is 15.3. The molecule has 0 radical (unpaired) electrons. The molecule has 0 aliphatic rings. The van der Waals surface area contributed by atoms with Gasteiger partial charge in [-0.25, -0.2) is 29.0 Å². The summed E-state index contributed by atoms with van der Waals surface area (Å²) in [4.78, 5) is 88.5. The van der Waals surface area contributed by atoms with Crippen molar-refractivity contribution in [1.29, 1.82) is 0 Å². The standard InChI is InChI=1S/C48H70O12/c1-5-9-13-17-21-25-33-55-47(53)57-43-31-29-37(41(49)27-23-19-15-11-7-3)35-39(43)45(51)59-60-46(52)40-36-38(42(50)28-24-20-16-12-8-4)30-32-44(40)58-48(54)56-34-26-22-18-14-10-6-2/h29-32,35-36H,5-28,33-34H2,1-4H3. The summed E-state index contributed by atoms with van der Waals surface area (Å²) in [6.45, 7) is 8.71. The Balaban J connectivity index is 2.26. The molecule has 0 aliphatic carbocycles. The lowest BCUT2D eigenvalue weighted by Crippen LogP contribution is -2.18. The minimum Gasteiger partial charge on any atom is -0.434 e. The van der Waals surface area contributed by atoms with Gasteiger partial charge in [-0.05, 0) is 62.1 Å². The van der Waals surface area contributed by atoms with Crippen LogP contribution in [0.3, 0.4) is 0 Å². The van der Waals surface area contributed by atoms with E-state index in [9.17, 15) is 28.8 Å². The molecule has 0 aliphatic heterocycles. The van der Waals surface area contributed by atoms with Gasteiger partial charge in [0, 0.05) is 24.0 Å². The van der Waals surface area contributed by atoms with E-state index >= 15 is 0 Å². The molecule has 2 aromatic carbocycles. The van der Waals surface area contributed by atoms with Crippen molar-refractivity contribution in [3.8, 4) is 11.5 Å². The summed E-state index contributed by atoms with van der Waals surface area (Å²) in [5.41, 5.74) is -0.379. The molecular formula is C48H70O12. The first-order chi connectivity index (χ1) is 29.1. The highest BCUT2D eigenvalue weighted by Gasteiger charge is 2.26. The van der Waals surface area contributed by atoms with Gasteiger partial charge >= 0.3 is 24.2 Å². The molecule has 0 fully saturated rings. The van der Waals surface area contributed by atoms with Gasteiger partial charge < -0.3 is 18.9 Å².